The minimum absolute atomic E-state index is 0.0971. The monoisotopic (exact) mass is 718 g/mol. The smallest absolute Gasteiger partial charge is 0.382 e. The number of halogens is 1. The zero-order valence-electron chi connectivity index (χ0n) is 24.2. The van der Waals surface area contributed by atoms with E-state index in [-0.39, 0.29) is 41.1 Å². The number of alkyl halides is 1. The number of rotatable bonds is 4. The summed E-state index contributed by atoms with van der Waals surface area (Å²) in [5, 5.41) is -0.187. The van der Waals surface area contributed by atoms with Gasteiger partial charge in [-0.1, -0.05) is 13.8 Å². The second kappa shape index (κ2) is 12.2. The predicted octanol–water partition coefficient (Wildman–Crippen LogP) is 2.64. The van der Waals surface area contributed by atoms with E-state index in [1.165, 1.54) is 29.9 Å². The van der Waals surface area contributed by atoms with Crippen molar-refractivity contribution in [3.05, 3.63) is 25.3 Å². The van der Waals surface area contributed by atoms with E-state index < -0.39 is 63.2 Å². The summed E-state index contributed by atoms with van der Waals surface area (Å²) in [4.78, 5) is 35.8. The van der Waals surface area contributed by atoms with Gasteiger partial charge < -0.3 is 30.4 Å². The summed E-state index contributed by atoms with van der Waals surface area (Å²) in [7, 11) is 0. The second-order valence-electron chi connectivity index (χ2n) is 10.9. The molecule has 0 aliphatic carbocycles. The number of fused-ring (bicyclic) bond motifs is 4. The van der Waals surface area contributed by atoms with Gasteiger partial charge in [-0.05, 0) is 23.2 Å². The van der Waals surface area contributed by atoms with Crippen molar-refractivity contribution >= 4 is 70.7 Å². The average Bonchev–Trinajstić information content (AvgIpc) is 3.76. The highest BCUT2D eigenvalue weighted by Gasteiger charge is 2.52. The second-order valence-corrected chi connectivity index (χ2v) is 18.2. The first-order valence-corrected chi connectivity index (χ1v) is 19.6. The summed E-state index contributed by atoms with van der Waals surface area (Å²) in [6.07, 6.45) is -2.98. The van der Waals surface area contributed by atoms with E-state index in [1.54, 1.807) is 4.57 Å². The zero-order chi connectivity index (χ0) is 32.4. The van der Waals surface area contributed by atoms with Gasteiger partial charge in [0.2, 0.25) is 0 Å². The van der Waals surface area contributed by atoms with Gasteiger partial charge >= 0.3 is 13.5 Å². The van der Waals surface area contributed by atoms with Crippen molar-refractivity contribution in [2.75, 3.05) is 24.7 Å². The molecule has 46 heavy (non-hydrogen) atoms. The molecule has 3 aliphatic rings. The van der Waals surface area contributed by atoms with Gasteiger partial charge in [-0.3, -0.25) is 22.7 Å². The van der Waals surface area contributed by atoms with Crippen molar-refractivity contribution in [1.29, 1.82) is 0 Å². The molecule has 4 aromatic rings. The van der Waals surface area contributed by atoms with E-state index in [4.69, 9.17) is 50.8 Å². The van der Waals surface area contributed by atoms with Crippen LogP contribution in [0.25, 0.3) is 22.3 Å². The number of nitrogens with zero attached hydrogens (tertiary/aromatic N) is 8. The van der Waals surface area contributed by atoms with E-state index in [0.717, 1.165) is 11.4 Å². The van der Waals surface area contributed by atoms with Crippen LogP contribution in [-0.2, 0) is 43.9 Å². The molecule has 0 aromatic carbocycles. The molecule has 7 heterocycles. The summed E-state index contributed by atoms with van der Waals surface area (Å²) in [6.45, 7) is -5.20. The summed E-state index contributed by atoms with van der Waals surface area (Å²) in [6, 6.07) is 0. The third kappa shape index (κ3) is 6.03. The standard InChI is InChI=1S/C23H29FN10O8P2S2/c1-10(2)46-44(36)38-5-13-18(15(24)23(40-13)34-9-32-17-20(26)28-7-30-22(17)34)42-43(35,45)37-4-12-11(41-44)3-14(39-12)33-8-31-16-19(25)27-6-29-21(16)33/h6-15,18,23H,3-5H2,1-2H3,(H,35,45)(H2,25,27,29)(H2,26,28,30)/t11-,12+,13+,14+,15+,18+,23+,43?,44?/m0/s1. The van der Waals surface area contributed by atoms with Crippen molar-refractivity contribution < 1.29 is 41.4 Å². The van der Waals surface area contributed by atoms with E-state index in [0.29, 0.717) is 11.2 Å². The lowest BCUT2D eigenvalue weighted by Gasteiger charge is -2.30. The molecule has 7 rings (SSSR count). The number of nitrogens with two attached hydrogens (primary N) is 2. The first-order valence-electron chi connectivity index (χ1n) is 14.0. The van der Waals surface area contributed by atoms with Gasteiger partial charge in [0.05, 0.1) is 25.9 Å². The van der Waals surface area contributed by atoms with Crippen molar-refractivity contribution in [2.24, 2.45) is 0 Å². The fraction of sp³-hybridized carbons (Fsp3) is 0.565. The molecule has 0 saturated carbocycles. The lowest BCUT2D eigenvalue weighted by molar-refractivity contribution is -0.0560. The largest absolute Gasteiger partial charge is 0.389 e. The summed E-state index contributed by atoms with van der Waals surface area (Å²) < 4.78 is 69.2. The molecule has 4 aromatic heterocycles. The maximum absolute atomic E-state index is 16.2. The van der Waals surface area contributed by atoms with E-state index >= 15 is 4.39 Å². The molecule has 5 N–H and O–H groups in total. The van der Waals surface area contributed by atoms with Crippen LogP contribution in [0.4, 0.5) is 16.0 Å². The zero-order valence-corrected chi connectivity index (χ0v) is 27.6. The van der Waals surface area contributed by atoms with Crippen molar-refractivity contribution in [1.82, 2.24) is 39.0 Å². The Kier molecular flexibility index (Phi) is 8.55. The van der Waals surface area contributed by atoms with Crippen LogP contribution in [-0.4, -0.2) is 93.0 Å². The summed E-state index contributed by atoms with van der Waals surface area (Å²) >= 11 is 6.26. The van der Waals surface area contributed by atoms with E-state index in [9.17, 15) is 9.46 Å². The van der Waals surface area contributed by atoms with E-state index in [2.05, 4.69) is 29.9 Å². The molecule has 3 aliphatic heterocycles. The topological polar surface area (TPSA) is 232 Å². The lowest BCUT2D eigenvalue weighted by Crippen LogP contribution is -2.35. The third-order valence-corrected chi connectivity index (χ3v) is 13.3. The Morgan fingerprint density at radius 3 is 2.24 bits per heavy atom. The molecule has 3 fully saturated rings. The van der Waals surface area contributed by atoms with Gasteiger partial charge in [0.25, 0.3) is 0 Å². The lowest BCUT2D eigenvalue weighted by atomic mass is 10.1. The number of hydrogen-bond acceptors (Lipinski definition) is 17. The molecule has 0 spiro atoms. The Labute approximate surface area is 269 Å². The number of hydrogen-bond donors (Lipinski definition) is 3. The van der Waals surface area contributed by atoms with Gasteiger partial charge in [-0.25, -0.2) is 38.9 Å². The van der Waals surface area contributed by atoms with Crippen molar-refractivity contribution in [2.45, 2.75) is 68.6 Å². The van der Waals surface area contributed by atoms with Gasteiger partial charge in [0.15, 0.2) is 35.3 Å². The maximum atomic E-state index is 16.2. The summed E-state index contributed by atoms with van der Waals surface area (Å²) in [5.74, 6) is 0.289. The van der Waals surface area contributed by atoms with Gasteiger partial charge in [0, 0.05) is 11.7 Å². The molecule has 0 amide bonds. The highest BCUT2D eigenvalue weighted by atomic mass is 32.7. The fourth-order valence-corrected chi connectivity index (χ4v) is 10.9. The number of anilines is 2. The number of aromatic nitrogens is 8. The van der Waals surface area contributed by atoms with Crippen LogP contribution in [0.3, 0.4) is 0 Å². The molecule has 3 saturated heterocycles. The minimum Gasteiger partial charge on any atom is -0.382 e. The van der Waals surface area contributed by atoms with Crippen LogP contribution in [0.1, 0.15) is 32.7 Å². The first-order chi connectivity index (χ1) is 21.9. The van der Waals surface area contributed by atoms with Crippen LogP contribution < -0.4 is 11.5 Å². The minimum atomic E-state index is -4.11. The Hall–Kier alpha value is -2.42. The SMILES string of the molecule is CC(C)SP1(=O)OC[C@H]2O[C@@H](n3cnc4c(N)ncnc43)[C@H](F)[C@@H]2OP(O)(=S)OC[C@H]2O[C@@H](n3cnc4c(N)ncnc43)C[C@@H]2O1. The van der Waals surface area contributed by atoms with Crippen molar-refractivity contribution in [3.63, 3.8) is 0 Å². The Morgan fingerprint density at radius 1 is 0.935 bits per heavy atom. The maximum Gasteiger partial charge on any atom is 0.389 e. The van der Waals surface area contributed by atoms with E-state index in [1.807, 2.05) is 13.8 Å². The quantitative estimate of drug-likeness (QED) is 0.257. The van der Waals surface area contributed by atoms with Crippen LogP contribution in [0.5, 0.6) is 0 Å². The number of ether oxygens (including phenoxy) is 2. The normalized spacial score (nSPS) is 35.6. The predicted molar refractivity (Wildman–Crippen MR) is 165 cm³/mol. The Morgan fingerprint density at radius 2 is 1.57 bits per heavy atom. The molecular formula is C23H29FN10O8P2S2. The highest BCUT2D eigenvalue weighted by molar-refractivity contribution is 8.55. The van der Waals surface area contributed by atoms with Gasteiger partial charge in [-0.2, -0.15) is 0 Å². The van der Waals surface area contributed by atoms with Crippen molar-refractivity contribution in [3.8, 4) is 0 Å². The van der Waals surface area contributed by atoms with Crippen LogP contribution in [0.15, 0.2) is 25.3 Å². The van der Waals surface area contributed by atoms with Crippen LogP contribution in [0, 0.1) is 0 Å². The highest BCUT2D eigenvalue weighted by Crippen LogP contribution is 2.65. The van der Waals surface area contributed by atoms with Gasteiger partial charge in [0.1, 0.15) is 54.3 Å². The molecule has 0 radical (unpaired) electrons. The number of imidazole rings is 2. The molecule has 0 bridgehead atoms. The third-order valence-electron chi connectivity index (χ3n) is 7.46. The Balaban J connectivity index is 1.18. The molecule has 9 atom stereocenters. The first kappa shape index (κ1) is 32.1. The average molecular weight is 719 g/mol. The van der Waals surface area contributed by atoms with Crippen LogP contribution >= 0.6 is 24.9 Å². The fourth-order valence-electron chi connectivity index (χ4n) is 5.47. The summed E-state index contributed by atoms with van der Waals surface area (Å²) in [5.41, 5.74) is 13.1. The molecule has 248 valence electrons. The van der Waals surface area contributed by atoms with Gasteiger partial charge in [-0.15, -0.1) is 0 Å². The molecule has 23 heteroatoms. The Bertz CT molecular complexity index is 1870. The molecule has 18 nitrogen and oxygen atoms in total. The molecule has 2 unspecified atom stereocenters. The molecular weight excluding hydrogens is 689 g/mol. The number of nitrogen functional groups attached to an aromatic ring is 2. The van der Waals surface area contributed by atoms with Crippen LogP contribution in [0.2, 0.25) is 0 Å².